The highest BCUT2D eigenvalue weighted by Gasteiger charge is 2.48. The molecule has 2 heterocycles. The maximum absolute atomic E-state index is 13.3. The molecule has 1 saturated heterocycles. The molecule has 32 heavy (non-hydrogen) atoms. The molecule has 2 amide bonds. The fourth-order valence-electron chi connectivity index (χ4n) is 4.78. The van der Waals surface area contributed by atoms with E-state index in [9.17, 15) is 9.59 Å². The molecule has 6 rings (SSSR count). The monoisotopic (exact) mass is 419 g/mol. The quantitative estimate of drug-likeness (QED) is 0.323. The number of amides is 2. The summed E-state index contributed by atoms with van der Waals surface area (Å²) >= 11 is 0. The Morgan fingerprint density at radius 1 is 0.719 bits per heavy atom. The van der Waals surface area contributed by atoms with E-state index in [0.717, 1.165) is 21.9 Å². The number of epoxide rings is 1. The van der Waals surface area contributed by atoms with E-state index in [1.165, 1.54) is 4.90 Å². The fraction of sp³-hybridized carbons (Fsp3) is 0.143. The van der Waals surface area contributed by atoms with E-state index < -0.39 is 0 Å². The minimum Gasteiger partial charge on any atom is -0.364 e. The Balaban J connectivity index is 1.33. The second-order valence-electron chi connectivity index (χ2n) is 8.42. The van der Waals surface area contributed by atoms with E-state index in [-0.39, 0.29) is 29.9 Å². The van der Waals surface area contributed by atoms with Gasteiger partial charge in [0, 0.05) is 12.5 Å². The van der Waals surface area contributed by atoms with E-state index in [1.807, 2.05) is 84.9 Å². The van der Waals surface area contributed by atoms with E-state index in [2.05, 4.69) is 12.1 Å². The Labute approximate surface area is 186 Å². The van der Waals surface area contributed by atoms with E-state index in [1.54, 1.807) is 0 Å². The van der Waals surface area contributed by atoms with Crippen LogP contribution in [0.2, 0.25) is 0 Å². The number of rotatable bonds is 5. The van der Waals surface area contributed by atoms with E-state index in [4.69, 9.17) is 4.74 Å². The lowest BCUT2D eigenvalue weighted by Crippen LogP contribution is -2.35. The zero-order valence-corrected chi connectivity index (χ0v) is 17.3. The molecule has 2 aliphatic rings. The predicted molar refractivity (Wildman–Crippen MR) is 123 cm³/mol. The van der Waals surface area contributed by atoms with Gasteiger partial charge in [-0.2, -0.15) is 0 Å². The van der Waals surface area contributed by atoms with Gasteiger partial charge in [-0.05, 0) is 34.0 Å². The van der Waals surface area contributed by atoms with Gasteiger partial charge in [0.25, 0.3) is 11.8 Å². The van der Waals surface area contributed by atoms with Gasteiger partial charge in [-0.3, -0.25) is 14.5 Å². The molecule has 4 aromatic carbocycles. The molecule has 0 radical (unpaired) electrons. The molecule has 156 valence electrons. The van der Waals surface area contributed by atoms with Crippen LogP contribution in [-0.2, 0) is 4.74 Å². The van der Waals surface area contributed by atoms with Crippen molar-refractivity contribution in [3.63, 3.8) is 0 Å². The van der Waals surface area contributed by atoms with Crippen molar-refractivity contribution in [3.8, 4) is 0 Å². The third-order valence-electron chi connectivity index (χ3n) is 6.49. The molecule has 0 saturated carbocycles. The molecule has 3 unspecified atom stereocenters. The molecule has 0 N–H and O–H groups in total. The molecule has 4 nitrogen and oxygen atoms in total. The third kappa shape index (κ3) is 3.12. The van der Waals surface area contributed by atoms with Crippen LogP contribution in [0, 0.1) is 0 Å². The van der Waals surface area contributed by atoms with Gasteiger partial charge in [-0.25, -0.2) is 0 Å². The number of ether oxygens (including phenoxy) is 1. The van der Waals surface area contributed by atoms with Crippen LogP contribution in [-0.4, -0.2) is 29.4 Å². The normalized spacial score (nSPS) is 20.4. The molecule has 0 aromatic heterocycles. The zero-order chi connectivity index (χ0) is 21.7. The summed E-state index contributed by atoms with van der Waals surface area (Å²) in [6.07, 6.45) is -0.109. The number of benzene rings is 4. The maximum atomic E-state index is 13.3. The van der Waals surface area contributed by atoms with E-state index in [0.29, 0.717) is 17.7 Å². The van der Waals surface area contributed by atoms with Crippen LogP contribution in [0.25, 0.3) is 10.8 Å². The highest BCUT2D eigenvalue weighted by atomic mass is 16.6. The summed E-state index contributed by atoms with van der Waals surface area (Å²) in [5, 5.41) is 1.92. The van der Waals surface area contributed by atoms with Gasteiger partial charge in [-0.1, -0.05) is 84.9 Å². The maximum Gasteiger partial charge on any atom is 0.261 e. The minimum absolute atomic E-state index is 0.0285. The summed E-state index contributed by atoms with van der Waals surface area (Å²) < 4.78 is 6.09. The largest absolute Gasteiger partial charge is 0.364 e. The summed E-state index contributed by atoms with van der Waals surface area (Å²) in [7, 11) is 0. The number of hydrogen-bond donors (Lipinski definition) is 0. The average molecular weight is 419 g/mol. The number of carbonyl (C=O) groups is 2. The van der Waals surface area contributed by atoms with Crippen molar-refractivity contribution in [2.24, 2.45) is 0 Å². The molecule has 1 fully saturated rings. The van der Waals surface area contributed by atoms with Crippen LogP contribution in [0.1, 0.15) is 43.9 Å². The van der Waals surface area contributed by atoms with Gasteiger partial charge >= 0.3 is 0 Å². The Kier molecular flexibility index (Phi) is 4.40. The first-order chi connectivity index (χ1) is 15.7. The molecule has 4 aromatic rings. The van der Waals surface area contributed by atoms with Crippen LogP contribution >= 0.6 is 0 Å². The van der Waals surface area contributed by atoms with Crippen molar-refractivity contribution in [2.75, 3.05) is 6.54 Å². The highest BCUT2D eigenvalue weighted by Crippen LogP contribution is 2.47. The number of nitrogens with zero attached hydrogens (tertiary/aromatic N) is 1. The molecule has 0 aliphatic carbocycles. The first-order valence-electron chi connectivity index (χ1n) is 10.8. The molecule has 0 spiro atoms. The molecular formula is C28H21NO3. The third-order valence-corrected chi connectivity index (χ3v) is 6.49. The summed E-state index contributed by atoms with van der Waals surface area (Å²) in [5.74, 6) is -0.555. The van der Waals surface area contributed by atoms with Gasteiger partial charge in [0.2, 0.25) is 0 Å². The fourth-order valence-corrected chi connectivity index (χ4v) is 4.78. The highest BCUT2D eigenvalue weighted by molar-refractivity contribution is 6.23. The smallest absolute Gasteiger partial charge is 0.261 e. The lowest BCUT2D eigenvalue weighted by molar-refractivity contribution is 0.0639. The van der Waals surface area contributed by atoms with Gasteiger partial charge in [0.15, 0.2) is 0 Å². The lowest BCUT2D eigenvalue weighted by atomic mass is 9.91. The van der Waals surface area contributed by atoms with Crippen molar-refractivity contribution >= 4 is 22.6 Å². The second-order valence-corrected chi connectivity index (χ2v) is 8.42. The molecule has 2 aliphatic heterocycles. The average Bonchev–Trinajstić information content (AvgIpc) is 3.61. The van der Waals surface area contributed by atoms with Crippen molar-refractivity contribution in [3.05, 3.63) is 119 Å². The number of fused-ring (bicyclic) bond motifs is 2. The van der Waals surface area contributed by atoms with Crippen molar-refractivity contribution in [2.45, 2.75) is 18.1 Å². The van der Waals surface area contributed by atoms with Crippen molar-refractivity contribution < 1.29 is 14.3 Å². The first kappa shape index (κ1) is 19.0. The molecule has 4 heteroatoms. The lowest BCUT2D eigenvalue weighted by Gasteiger charge is -2.22. The van der Waals surface area contributed by atoms with Gasteiger partial charge < -0.3 is 4.74 Å². The molecule has 0 bridgehead atoms. The second kappa shape index (κ2) is 7.43. The topological polar surface area (TPSA) is 49.9 Å². The summed E-state index contributed by atoms with van der Waals surface area (Å²) in [6.45, 7) is 0.292. The Morgan fingerprint density at radius 3 is 1.84 bits per heavy atom. The summed E-state index contributed by atoms with van der Waals surface area (Å²) in [6, 6.07) is 31.6. The SMILES string of the molecule is O=C1c2cc3ccccc3cc2C(=O)N1CC(c1ccccc1)C1OC1c1ccccc1. The van der Waals surface area contributed by atoms with Crippen LogP contribution in [0.3, 0.4) is 0 Å². The molecular weight excluding hydrogens is 398 g/mol. The van der Waals surface area contributed by atoms with Crippen LogP contribution < -0.4 is 0 Å². The minimum atomic E-state index is -0.228. The summed E-state index contributed by atoms with van der Waals surface area (Å²) in [4.78, 5) is 27.9. The Bertz CT molecular complexity index is 1280. The van der Waals surface area contributed by atoms with Crippen LogP contribution in [0.15, 0.2) is 97.1 Å². The Morgan fingerprint density at radius 2 is 1.25 bits per heavy atom. The number of imide groups is 1. The molecule has 3 atom stereocenters. The number of carbonyl (C=O) groups excluding carboxylic acids is 2. The van der Waals surface area contributed by atoms with Crippen LogP contribution in [0.4, 0.5) is 0 Å². The number of hydrogen-bond acceptors (Lipinski definition) is 3. The standard InChI is InChI=1S/C28H21NO3/c30-27-22-15-20-13-7-8-14-21(20)16-23(22)28(31)29(27)17-24(18-9-3-1-4-10-18)26-25(32-26)19-11-5-2-6-12-19/h1-16,24-26H,17H2. The zero-order valence-electron chi connectivity index (χ0n) is 17.3. The first-order valence-corrected chi connectivity index (χ1v) is 10.8. The van der Waals surface area contributed by atoms with Crippen LogP contribution in [0.5, 0.6) is 0 Å². The van der Waals surface area contributed by atoms with Gasteiger partial charge in [-0.15, -0.1) is 0 Å². The van der Waals surface area contributed by atoms with Gasteiger partial charge in [0.1, 0.15) is 6.10 Å². The predicted octanol–water partition coefficient (Wildman–Crippen LogP) is 5.36. The summed E-state index contributed by atoms with van der Waals surface area (Å²) in [5.41, 5.74) is 3.15. The van der Waals surface area contributed by atoms with E-state index >= 15 is 0 Å². The Hall–Kier alpha value is -3.76. The van der Waals surface area contributed by atoms with Crippen molar-refractivity contribution in [1.82, 2.24) is 4.90 Å². The van der Waals surface area contributed by atoms with Gasteiger partial charge in [0.05, 0.1) is 17.2 Å². The van der Waals surface area contributed by atoms with Crippen molar-refractivity contribution in [1.29, 1.82) is 0 Å².